The molecule has 1 saturated heterocycles. The highest BCUT2D eigenvalue weighted by Crippen LogP contribution is 2.17. The van der Waals surface area contributed by atoms with E-state index in [-0.39, 0.29) is 10.8 Å². The van der Waals surface area contributed by atoms with E-state index in [1.165, 1.54) is 6.07 Å². The topological polar surface area (TPSA) is 38.5 Å². The molecule has 0 amide bonds. The predicted molar refractivity (Wildman–Crippen MR) is 77.6 cm³/mol. The molecule has 1 fully saturated rings. The van der Waals surface area contributed by atoms with E-state index < -0.39 is 0 Å². The molecule has 2 rings (SSSR count). The number of benzene rings is 1. The molecule has 1 aromatic rings. The quantitative estimate of drug-likeness (QED) is 0.858. The molecule has 0 saturated carbocycles. The summed E-state index contributed by atoms with van der Waals surface area (Å²) in [5.74, 6) is -0.285. The molecule has 1 heterocycles. The van der Waals surface area contributed by atoms with Crippen LogP contribution in [0.5, 0.6) is 0 Å². The van der Waals surface area contributed by atoms with E-state index in [9.17, 15) is 4.39 Å². The largest absolute Gasteiger partial charge is 0.389 e. The zero-order valence-corrected chi connectivity index (χ0v) is 11.9. The van der Waals surface area contributed by atoms with Gasteiger partial charge in [0.15, 0.2) is 0 Å². The number of rotatable bonds is 4. The van der Waals surface area contributed by atoms with Crippen molar-refractivity contribution in [3.8, 4) is 0 Å². The lowest BCUT2D eigenvalue weighted by molar-refractivity contribution is 0.0388. The van der Waals surface area contributed by atoms with Crippen LogP contribution in [-0.2, 0) is 11.3 Å². The Balaban J connectivity index is 2.01. The van der Waals surface area contributed by atoms with Crippen LogP contribution >= 0.6 is 12.2 Å². The lowest BCUT2D eigenvalue weighted by Crippen LogP contribution is -2.36. The number of likely N-dealkylation sites (tertiary alicyclic amines) is 1. The number of ether oxygens (including phenoxy) is 1. The molecule has 1 aliphatic rings. The molecular weight excluding hydrogens is 263 g/mol. The van der Waals surface area contributed by atoms with Gasteiger partial charge in [-0.25, -0.2) is 4.39 Å². The van der Waals surface area contributed by atoms with E-state index >= 15 is 0 Å². The minimum Gasteiger partial charge on any atom is -0.389 e. The standard InChI is InChI=1S/C14H19FN2OS/c1-18-13-2-4-17(5-3-13)9-10-6-11(14(16)19)8-12(15)7-10/h6-8,13H,2-5,9H2,1H3,(H2,16,19). The average Bonchev–Trinajstić information content (AvgIpc) is 2.39. The Hall–Kier alpha value is -1.04. The molecule has 0 radical (unpaired) electrons. The summed E-state index contributed by atoms with van der Waals surface area (Å²) in [6.07, 6.45) is 2.40. The number of thiocarbonyl (C=S) groups is 1. The maximum Gasteiger partial charge on any atom is 0.124 e. The van der Waals surface area contributed by atoms with Crippen LogP contribution in [0.3, 0.4) is 0 Å². The minimum atomic E-state index is -0.285. The molecule has 5 heteroatoms. The summed E-state index contributed by atoms with van der Waals surface area (Å²) in [4.78, 5) is 2.53. The van der Waals surface area contributed by atoms with Gasteiger partial charge >= 0.3 is 0 Å². The maximum atomic E-state index is 13.5. The molecule has 0 aliphatic carbocycles. The molecule has 104 valence electrons. The van der Waals surface area contributed by atoms with Crippen molar-refractivity contribution in [1.29, 1.82) is 0 Å². The van der Waals surface area contributed by atoms with Gasteiger partial charge in [-0.3, -0.25) is 4.90 Å². The highest BCUT2D eigenvalue weighted by Gasteiger charge is 2.18. The highest BCUT2D eigenvalue weighted by atomic mass is 32.1. The first-order valence-corrected chi connectivity index (χ1v) is 6.83. The second kappa shape index (κ2) is 6.41. The molecule has 0 atom stereocenters. The van der Waals surface area contributed by atoms with Crippen LogP contribution in [0.4, 0.5) is 4.39 Å². The summed E-state index contributed by atoms with van der Waals surface area (Å²) in [7, 11) is 1.75. The first-order valence-electron chi connectivity index (χ1n) is 6.43. The van der Waals surface area contributed by atoms with Gasteiger partial charge in [0.05, 0.1) is 6.10 Å². The summed E-state index contributed by atoms with van der Waals surface area (Å²) in [5, 5.41) is 0. The van der Waals surface area contributed by atoms with Crippen molar-refractivity contribution >= 4 is 17.2 Å². The number of piperidine rings is 1. The van der Waals surface area contributed by atoms with Crippen molar-refractivity contribution in [2.45, 2.75) is 25.5 Å². The predicted octanol–water partition coefficient (Wildman–Crippen LogP) is 2.07. The third-order valence-electron chi connectivity index (χ3n) is 3.52. The van der Waals surface area contributed by atoms with Gasteiger partial charge in [0.2, 0.25) is 0 Å². The maximum absolute atomic E-state index is 13.5. The first kappa shape index (κ1) is 14.4. The van der Waals surface area contributed by atoms with Crippen molar-refractivity contribution in [3.05, 3.63) is 35.1 Å². The van der Waals surface area contributed by atoms with Crippen molar-refractivity contribution < 1.29 is 9.13 Å². The summed E-state index contributed by atoms with van der Waals surface area (Å²) >= 11 is 4.90. The minimum absolute atomic E-state index is 0.235. The smallest absolute Gasteiger partial charge is 0.124 e. The van der Waals surface area contributed by atoms with E-state index in [1.807, 2.05) is 6.07 Å². The van der Waals surface area contributed by atoms with Crippen molar-refractivity contribution in [2.24, 2.45) is 5.73 Å². The Labute approximate surface area is 118 Å². The fraction of sp³-hybridized carbons (Fsp3) is 0.500. The summed E-state index contributed by atoms with van der Waals surface area (Å²) in [6.45, 7) is 2.67. The number of hydrogen-bond acceptors (Lipinski definition) is 3. The lowest BCUT2D eigenvalue weighted by atomic mass is 10.1. The summed E-state index contributed by atoms with van der Waals surface area (Å²) < 4.78 is 18.8. The molecule has 1 aliphatic heterocycles. The van der Waals surface area contributed by atoms with Crippen molar-refractivity contribution in [3.63, 3.8) is 0 Å². The van der Waals surface area contributed by atoms with Gasteiger partial charge in [-0.05, 0) is 36.6 Å². The van der Waals surface area contributed by atoms with Crippen molar-refractivity contribution in [1.82, 2.24) is 4.90 Å². The first-order chi connectivity index (χ1) is 9.08. The Kier molecular flexibility index (Phi) is 4.85. The molecule has 2 N–H and O–H groups in total. The van der Waals surface area contributed by atoms with Gasteiger partial charge in [0, 0.05) is 32.3 Å². The highest BCUT2D eigenvalue weighted by molar-refractivity contribution is 7.80. The van der Waals surface area contributed by atoms with E-state index in [0.717, 1.165) is 38.0 Å². The van der Waals surface area contributed by atoms with Gasteiger partial charge in [0.25, 0.3) is 0 Å². The third-order valence-corrected chi connectivity index (χ3v) is 3.75. The number of halogens is 1. The molecule has 0 spiro atoms. The summed E-state index contributed by atoms with van der Waals surface area (Å²) in [5.41, 5.74) is 7.07. The zero-order valence-electron chi connectivity index (χ0n) is 11.1. The van der Waals surface area contributed by atoms with Crippen LogP contribution in [0, 0.1) is 5.82 Å². The van der Waals surface area contributed by atoms with Crippen LogP contribution in [-0.4, -0.2) is 36.2 Å². The molecule has 1 aromatic carbocycles. The molecule has 0 unspecified atom stereocenters. The van der Waals surface area contributed by atoms with Gasteiger partial charge in [0.1, 0.15) is 10.8 Å². The van der Waals surface area contributed by atoms with E-state index in [4.69, 9.17) is 22.7 Å². The Morgan fingerprint density at radius 2 is 2.11 bits per heavy atom. The van der Waals surface area contributed by atoms with Crippen LogP contribution in [0.1, 0.15) is 24.0 Å². The number of methoxy groups -OCH3 is 1. The van der Waals surface area contributed by atoms with Crippen LogP contribution in [0.2, 0.25) is 0 Å². The Morgan fingerprint density at radius 3 is 2.68 bits per heavy atom. The molecule has 3 nitrogen and oxygen atoms in total. The van der Waals surface area contributed by atoms with Crippen LogP contribution in [0.15, 0.2) is 18.2 Å². The third kappa shape index (κ3) is 3.96. The fourth-order valence-corrected chi connectivity index (χ4v) is 2.56. The molecule has 19 heavy (non-hydrogen) atoms. The molecule has 0 aromatic heterocycles. The van der Waals surface area contributed by atoms with Gasteiger partial charge < -0.3 is 10.5 Å². The van der Waals surface area contributed by atoms with Crippen molar-refractivity contribution in [2.75, 3.05) is 20.2 Å². The second-order valence-corrected chi connectivity index (χ2v) is 5.36. The lowest BCUT2D eigenvalue weighted by Gasteiger charge is -2.31. The van der Waals surface area contributed by atoms with E-state index in [1.54, 1.807) is 13.2 Å². The monoisotopic (exact) mass is 282 g/mol. The van der Waals surface area contributed by atoms with Gasteiger partial charge in [-0.15, -0.1) is 0 Å². The normalized spacial score (nSPS) is 17.6. The molecule has 0 bridgehead atoms. The van der Waals surface area contributed by atoms with Gasteiger partial charge in [-0.2, -0.15) is 0 Å². The van der Waals surface area contributed by atoms with Crippen LogP contribution < -0.4 is 5.73 Å². The Bertz CT molecular complexity index is 459. The fourth-order valence-electron chi connectivity index (χ4n) is 2.45. The molecular formula is C14H19FN2OS. The summed E-state index contributed by atoms with van der Waals surface area (Å²) in [6, 6.07) is 4.79. The number of nitrogens with zero attached hydrogens (tertiary/aromatic N) is 1. The second-order valence-electron chi connectivity index (χ2n) is 4.92. The van der Waals surface area contributed by atoms with E-state index in [0.29, 0.717) is 11.7 Å². The van der Waals surface area contributed by atoms with E-state index in [2.05, 4.69) is 4.90 Å². The average molecular weight is 282 g/mol. The number of nitrogens with two attached hydrogens (primary N) is 1. The number of hydrogen-bond donors (Lipinski definition) is 1. The Morgan fingerprint density at radius 1 is 1.42 bits per heavy atom. The van der Waals surface area contributed by atoms with Crippen LogP contribution in [0.25, 0.3) is 0 Å². The zero-order chi connectivity index (χ0) is 13.8. The van der Waals surface area contributed by atoms with Gasteiger partial charge in [-0.1, -0.05) is 12.2 Å². The SMILES string of the molecule is COC1CCN(Cc2cc(F)cc(C(N)=S)c2)CC1.